The van der Waals surface area contributed by atoms with Gasteiger partial charge in [-0.1, -0.05) is 18.2 Å². The number of amides is 1. The van der Waals surface area contributed by atoms with Crippen LogP contribution in [0.4, 0.5) is 5.69 Å². The van der Waals surface area contributed by atoms with Crippen LogP contribution in [0, 0.1) is 0 Å². The molecule has 2 aromatic rings. The lowest BCUT2D eigenvalue weighted by Crippen LogP contribution is -2.30. The molecule has 6 heteroatoms. The second kappa shape index (κ2) is 9.44. The first-order valence-corrected chi connectivity index (χ1v) is 8.93. The van der Waals surface area contributed by atoms with Crippen LogP contribution in [-0.2, 0) is 4.79 Å². The number of para-hydroxylation sites is 2. The normalized spacial score (nSPS) is 11.7. The highest BCUT2D eigenvalue weighted by atomic mass is 79.9. The van der Waals surface area contributed by atoms with Crippen LogP contribution < -0.4 is 20.1 Å². The van der Waals surface area contributed by atoms with Gasteiger partial charge in [-0.05, 0) is 59.6 Å². The van der Waals surface area contributed by atoms with E-state index in [-0.39, 0.29) is 18.5 Å². The molecule has 134 valence electrons. The third kappa shape index (κ3) is 5.47. The molecule has 1 amide bonds. The molecule has 0 fully saturated rings. The number of rotatable bonds is 8. The molecule has 0 aromatic heterocycles. The van der Waals surface area contributed by atoms with Crippen molar-refractivity contribution in [3.05, 3.63) is 52.5 Å². The van der Waals surface area contributed by atoms with E-state index in [2.05, 4.69) is 26.6 Å². The Hall–Kier alpha value is -2.05. The highest BCUT2D eigenvalue weighted by Gasteiger charge is 2.11. The van der Waals surface area contributed by atoms with Gasteiger partial charge in [0.1, 0.15) is 11.5 Å². The fourth-order valence-corrected chi connectivity index (χ4v) is 2.92. The van der Waals surface area contributed by atoms with Crippen molar-refractivity contribution in [1.82, 2.24) is 5.32 Å². The van der Waals surface area contributed by atoms with Crippen LogP contribution in [0.3, 0.4) is 0 Å². The fraction of sp³-hybridized carbons (Fsp3) is 0.316. The highest BCUT2D eigenvalue weighted by molar-refractivity contribution is 9.10. The summed E-state index contributed by atoms with van der Waals surface area (Å²) in [7, 11) is 1.63. The zero-order valence-corrected chi connectivity index (χ0v) is 16.2. The van der Waals surface area contributed by atoms with Crippen molar-refractivity contribution in [1.29, 1.82) is 0 Å². The summed E-state index contributed by atoms with van der Waals surface area (Å²) in [5, 5.41) is 6.10. The van der Waals surface area contributed by atoms with E-state index in [9.17, 15) is 4.79 Å². The molecule has 1 atom stereocenters. The minimum Gasteiger partial charge on any atom is -0.496 e. The van der Waals surface area contributed by atoms with Crippen LogP contribution in [0.2, 0.25) is 0 Å². The molecule has 0 aliphatic rings. The van der Waals surface area contributed by atoms with Crippen molar-refractivity contribution in [2.75, 3.05) is 25.6 Å². The molecule has 5 nitrogen and oxygen atoms in total. The van der Waals surface area contributed by atoms with Crippen LogP contribution in [0.5, 0.6) is 11.5 Å². The van der Waals surface area contributed by atoms with Gasteiger partial charge in [-0.3, -0.25) is 4.79 Å². The maximum atomic E-state index is 12.2. The first-order chi connectivity index (χ1) is 12.0. The van der Waals surface area contributed by atoms with Gasteiger partial charge in [-0.15, -0.1) is 0 Å². The molecular weight excluding hydrogens is 384 g/mol. The summed E-state index contributed by atoms with van der Waals surface area (Å²) in [5.74, 6) is 1.33. The van der Waals surface area contributed by atoms with E-state index >= 15 is 0 Å². The molecule has 0 saturated carbocycles. The van der Waals surface area contributed by atoms with Crippen molar-refractivity contribution < 1.29 is 14.3 Å². The molecule has 25 heavy (non-hydrogen) atoms. The van der Waals surface area contributed by atoms with Crippen molar-refractivity contribution in [3.63, 3.8) is 0 Å². The summed E-state index contributed by atoms with van der Waals surface area (Å²) in [6.45, 7) is 4.67. The molecule has 2 aromatic carbocycles. The fourth-order valence-electron chi connectivity index (χ4n) is 2.36. The number of ether oxygens (including phenoxy) is 2. The predicted octanol–water partition coefficient (Wildman–Crippen LogP) is 4.15. The molecule has 0 aliphatic heterocycles. The zero-order valence-electron chi connectivity index (χ0n) is 14.6. The molecule has 2 rings (SSSR count). The van der Waals surface area contributed by atoms with E-state index in [1.165, 1.54) is 0 Å². The van der Waals surface area contributed by atoms with Gasteiger partial charge in [0.25, 0.3) is 0 Å². The molecule has 0 saturated heterocycles. The number of carbonyl (C=O) groups excluding carboxylic acids is 1. The maximum Gasteiger partial charge on any atom is 0.238 e. The van der Waals surface area contributed by atoms with Crippen molar-refractivity contribution in [2.24, 2.45) is 0 Å². The number of hydrogen-bond acceptors (Lipinski definition) is 4. The molecule has 0 unspecified atom stereocenters. The van der Waals surface area contributed by atoms with Crippen LogP contribution in [-0.4, -0.2) is 26.2 Å². The Bertz CT molecular complexity index is 722. The lowest BCUT2D eigenvalue weighted by atomic mass is 10.1. The molecule has 0 aliphatic carbocycles. The van der Waals surface area contributed by atoms with Gasteiger partial charge >= 0.3 is 0 Å². The maximum absolute atomic E-state index is 12.2. The van der Waals surface area contributed by atoms with E-state index in [0.29, 0.717) is 18.0 Å². The topological polar surface area (TPSA) is 59.6 Å². The number of methoxy groups -OCH3 is 1. The Morgan fingerprint density at radius 1 is 1.20 bits per heavy atom. The van der Waals surface area contributed by atoms with Gasteiger partial charge in [-0.25, -0.2) is 0 Å². The Kier molecular flexibility index (Phi) is 7.28. The zero-order chi connectivity index (χ0) is 18.2. The van der Waals surface area contributed by atoms with E-state index in [4.69, 9.17) is 9.47 Å². The predicted molar refractivity (Wildman–Crippen MR) is 103 cm³/mol. The summed E-state index contributed by atoms with van der Waals surface area (Å²) in [4.78, 5) is 12.2. The first kappa shape index (κ1) is 19.3. The third-order valence-electron chi connectivity index (χ3n) is 3.71. The van der Waals surface area contributed by atoms with Crippen molar-refractivity contribution >= 4 is 27.5 Å². The van der Waals surface area contributed by atoms with Crippen LogP contribution in [0.15, 0.2) is 46.9 Å². The number of hydrogen-bond donors (Lipinski definition) is 2. The monoisotopic (exact) mass is 406 g/mol. The van der Waals surface area contributed by atoms with E-state index in [1.807, 2.05) is 56.3 Å². The minimum atomic E-state index is -0.119. The molecule has 2 N–H and O–H groups in total. The Balaban J connectivity index is 1.92. The number of anilines is 1. The van der Waals surface area contributed by atoms with Gasteiger partial charge < -0.3 is 20.1 Å². The Morgan fingerprint density at radius 2 is 1.96 bits per heavy atom. The quantitative estimate of drug-likeness (QED) is 0.691. The lowest BCUT2D eigenvalue weighted by molar-refractivity contribution is -0.115. The van der Waals surface area contributed by atoms with E-state index in [1.54, 1.807) is 7.11 Å². The molecule has 0 bridgehead atoms. The number of halogens is 1. The Labute approximate surface area is 156 Å². The highest BCUT2D eigenvalue weighted by Crippen LogP contribution is 2.28. The van der Waals surface area contributed by atoms with Gasteiger partial charge in [0, 0.05) is 6.04 Å². The second-order valence-electron chi connectivity index (χ2n) is 5.47. The Morgan fingerprint density at radius 3 is 2.64 bits per heavy atom. The van der Waals surface area contributed by atoms with Gasteiger partial charge in [0.15, 0.2) is 0 Å². The first-order valence-electron chi connectivity index (χ1n) is 8.13. The molecular formula is C19H23BrN2O3. The van der Waals surface area contributed by atoms with Gasteiger partial charge in [0.05, 0.1) is 30.4 Å². The van der Waals surface area contributed by atoms with Crippen LogP contribution in [0.25, 0.3) is 0 Å². The SMILES string of the molecule is CCOc1ccccc1NC(=O)CN[C@@H](C)c1ccc(OC)c(Br)c1. The standard InChI is InChI=1S/C19H23BrN2O3/c1-4-25-18-8-6-5-7-16(18)22-19(23)12-21-13(2)14-9-10-17(24-3)15(20)11-14/h5-11,13,21H,4,12H2,1-3H3,(H,22,23)/t13-/m0/s1. The van der Waals surface area contributed by atoms with Crippen LogP contribution in [0.1, 0.15) is 25.5 Å². The average molecular weight is 407 g/mol. The molecule has 0 radical (unpaired) electrons. The second-order valence-corrected chi connectivity index (χ2v) is 6.33. The van der Waals surface area contributed by atoms with Crippen molar-refractivity contribution in [2.45, 2.75) is 19.9 Å². The number of benzene rings is 2. The average Bonchev–Trinajstić information content (AvgIpc) is 2.61. The summed E-state index contributed by atoms with van der Waals surface area (Å²) >= 11 is 3.48. The van der Waals surface area contributed by atoms with Crippen LogP contribution >= 0.6 is 15.9 Å². The number of nitrogens with one attached hydrogen (secondary N) is 2. The summed E-state index contributed by atoms with van der Waals surface area (Å²) in [5.41, 5.74) is 1.74. The summed E-state index contributed by atoms with van der Waals surface area (Å²) in [6.07, 6.45) is 0. The lowest BCUT2D eigenvalue weighted by Gasteiger charge is -2.16. The van der Waals surface area contributed by atoms with E-state index in [0.717, 1.165) is 15.8 Å². The molecule has 0 spiro atoms. The van der Waals surface area contributed by atoms with E-state index < -0.39 is 0 Å². The van der Waals surface area contributed by atoms with Gasteiger partial charge in [0.2, 0.25) is 5.91 Å². The third-order valence-corrected chi connectivity index (χ3v) is 4.33. The molecule has 0 heterocycles. The minimum absolute atomic E-state index is 0.0232. The van der Waals surface area contributed by atoms with Gasteiger partial charge in [-0.2, -0.15) is 0 Å². The smallest absolute Gasteiger partial charge is 0.238 e. The summed E-state index contributed by atoms with van der Waals surface area (Å²) in [6, 6.07) is 13.3. The largest absolute Gasteiger partial charge is 0.496 e. The number of carbonyl (C=O) groups is 1. The summed E-state index contributed by atoms with van der Waals surface area (Å²) < 4.78 is 11.6. The van der Waals surface area contributed by atoms with Crippen molar-refractivity contribution in [3.8, 4) is 11.5 Å².